The molecular formula is C16H20N4O2S. The predicted octanol–water partition coefficient (Wildman–Crippen LogP) is 2.57. The second kappa shape index (κ2) is 7.23. The Hall–Kier alpha value is -2.41. The number of carbonyl (C=O) groups excluding carboxylic acids is 1. The van der Waals surface area contributed by atoms with Crippen molar-refractivity contribution in [1.82, 2.24) is 9.80 Å². The fourth-order valence-corrected chi connectivity index (χ4v) is 2.94. The van der Waals surface area contributed by atoms with E-state index in [1.807, 2.05) is 39.0 Å². The molecule has 0 saturated carbocycles. The normalized spacial score (nSPS) is 11.4. The largest absolute Gasteiger partial charge is 0.484 e. The van der Waals surface area contributed by atoms with Crippen LogP contribution >= 0.6 is 11.5 Å². The van der Waals surface area contributed by atoms with Crippen LogP contribution in [0.3, 0.4) is 0 Å². The summed E-state index contributed by atoms with van der Waals surface area (Å²) in [5.41, 5.74) is 12.7. The number of anilines is 1. The van der Waals surface area contributed by atoms with E-state index in [1.165, 1.54) is 11.5 Å². The Morgan fingerprint density at radius 2 is 1.96 bits per heavy atom. The molecule has 1 heterocycles. The fraction of sp³-hybridized carbons (Fsp3) is 0.312. The fourth-order valence-electron chi connectivity index (χ4n) is 2.23. The lowest BCUT2D eigenvalue weighted by Crippen LogP contribution is -2.25. The number of ether oxygens (including phenoxy) is 1. The zero-order chi connectivity index (χ0) is 17.0. The number of hydrogen-bond donors (Lipinski definition) is 2. The molecule has 2 rings (SSSR count). The molecule has 1 aromatic heterocycles. The highest BCUT2D eigenvalue weighted by molar-refractivity contribution is 7.10. The molecule has 0 spiro atoms. The minimum absolute atomic E-state index is 0.101. The lowest BCUT2D eigenvalue weighted by Gasteiger charge is -2.07. The van der Waals surface area contributed by atoms with Crippen LogP contribution in [0, 0.1) is 20.8 Å². The molecule has 3 N–H and O–H groups in total. The van der Waals surface area contributed by atoms with Gasteiger partial charge in [-0.05, 0) is 62.5 Å². The highest BCUT2D eigenvalue weighted by Gasteiger charge is 2.11. The van der Waals surface area contributed by atoms with E-state index >= 15 is 0 Å². The van der Waals surface area contributed by atoms with Crippen molar-refractivity contribution in [3.8, 4) is 5.75 Å². The molecule has 1 aromatic carbocycles. The predicted molar refractivity (Wildman–Crippen MR) is 93.0 cm³/mol. The van der Waals surface area contributed by atoms with Crippen LogP contribution in [0.2, 0.25) is 0 Å². The first kappa shape index (κ1) is 17.0. The molecule has 0 unspecified atom stereocenters. The SMILES string of the molecule is C/C(=N/NC(=O)COc1cc(C)cc(C)c1)c1c(C)nsc1N. The zero-order valence-electron chi connectivity index (χ0n) is 13.6. The molecule has 6 nitrogen and oxygen atoms in total. The van der Waals surface area contributed by atoms with E-state index in [4.69, 9.17) is 10.5 Å². The molecule has 122 valence electrons. The number of amides is 1. The number of nitrogens with two attached hydrogens (primary N) is 1. The third-order valence-electron chi connectivity index (χ3n) is 3.16. The summed E-state index contributed by atoms with van der Waals surface area (Å²) in [6.45, 7) is 7.49. The summed E-state index contributed by atoms with van der Waals surface area (Å²) in [6.07, 6.45) is 0. The number of carbonyl (C=O) groups is 1. The first-order valence-corrected chi connectivity index (χ1v) is 7.90. The van der Waals surface area contributed by atoms with Crippen molar-refractivity contribution in [1.29, 1.82) is 0 Å². The molecule has 0 aliphatic heterocycles. The number of hydrogen-bond acceptors (Lipinski definition) is 6. The molecule has 0 saturated heterocycles. The first-order chi connectivity index (χ1) is 10.9. The molecule has 23 heavy (non-hydrogen) atoms. The number of rotatable bonds is 5. The Bertz CT molecular complexity index is 713. The first-order valence-electron chi connectivity index (χ1n) is 7.13. The van der Waals surface area contributed by atoms with E-state index in [0.29, 0.717) is 16.5 Å². The van der Waals surface area contributed by atoms with Crippen LogP contribution in [0.4, 0.5) is 5.00 Å². The Labute approximate surface area is 139 Å². The quantitative estimate of drug-likeness (QED) is 0.650. The van der Waals surface area contributed by atoms with Gasteiger partial charge in [-0.1, -0.05) is 6.07 Å². The van der Waals surface area contributed by atoms with E-state index in [2.05, 4.69) is 14.9 Å². The summed E-state index contributed by atoms with van der Waals surface area (Å²) in [7, 11) is 0. The maximum Gasteiger partial charge on any atom is 0.277 e. The van der Waals surface area contributed by atoms with Gasteiger partial charge in [0.1, 0.15) is 10.8 Å². The number of hydrazone groups is 1. The highest BCUT2D eigenvalue weighted by atomic mass is 32.1. The molecular weight excluding hydrogens is 312 g/mol. The van der Waals surface area contributed by atoms with E-state index in [-0.39, 0.29) is 12.5 Å². The van der Waals surface area contributed by atoms with E-state index in [1.54, 1.807) is 6.92 Å². The molecule has 0 radical (unpaired) electrons. The zero-order valence-corrected chi connectivity index (χ0v) is 14.5. The smallest absolute Gasteiger partial charge is 0.277 e. The van der Waals surface area contributed by atoms with Crippen LogP contribution in [0.15, 0.2) is 23.3 Å². The van der Waals surface area contributed by atoms with Crippen molar-refractivity contribution in [2.45, 2.75) is 27.7 Å². The Morgan fingerprint density at radius 3 is 2.52 bits per heavy atom. The van der Waals surface area contributed by atoms with Gasteiger partial charge >= 0.3 is 0 Å². The molecule has 0 aliphatic carbocycles. The molecule has 2 aromatic rings. The summed E-state index contributed by atoms with van der Waals surface area (Å²) < 4.78 is 9.64. The Morgan fingerprint density at radius 1 is 1.30 bits per heavy atom. The highest BCUT2D eigenvalue weighted by Crippen LogP contribution is 2.21. The van der Waals surface area contributed by atoms with Gasteiger partial charge in [0, 0.05) is 0 Å². The van der Waals surface area contributed by atoms with Gasteiger partial charge in [-0.25, -0.2) is 5.43 Å². The topological polar surface area (TPSA) is 89.6 Å². The van der Waals surface area contributed by atoms with Crippen LogP contribution in [0.1, 0.15) is 29.3 Å². The standard InChI is InChI=1S/C16H20N4O2S/c1-9-5-10(2)7-13(6-9)22-8-14(21)19-18-11(3)15-12(4)20-23-16(15)17/h5-7H,8,17H2,1-4H3,(H,19,21)/b18-11-. The van der Waals surface area contributed by atoms with Crippen LogP contribution in [-0.4, -0.2) is 22.6 Å². The number of nitrogens with one attached hydrogen (secondary N) is 1. The number of nitrogen functional groups attached to an aromatic ring is 1. The summed E-state index contributed by atoms with van der Waals surface area (Å²) in [5.74, 6) is 0.336. The van der Waals surface area contributed by atoms with Crippen molar-refractivity contribution in [2.75, 3.05) is 12.3 Å². The van der Waals surface area contributed by atoms with Crippen molar-refractivity contribution >= 4 is 28.2 Å². The second-order valence-electron chi connectivity index (χ2n) is 5.35. The third kappa shape index (κ3) is 4.53. The van der Waals surface area contributed by atoms with Crippen LogP contribution < -0.4 is 15.9 Å². The van der Waals surface area contributed by atoms with Crippen molar-refractivity contribution in [3.63, 3.8) is 0 Å². The van der Waals surface area contributed by atoms with Gasteiger partial charge in [0.25, 0.3) is 5.91 Å². The minimum Gasteiger partial charge on any atom is -0.484 e. The number of benzene rings is 1. The van der Waals surface area contributed by atoms with Gasteiger partial charge in [0.15, 0.2) is 6.61 Å². The molecule has 0 fully saturated rings. The Kier molecular flexibility index (Phi) is 5.33. The monoisotopic (exact) mass is 332 g/mol. The van der Waals surface area contributed by atoms with Gasteiger partial charge in [-0.15, -0.1) is 0 Å². The third-order valence-corrected chi connectivity index (χ3v) is 3.93. The van der Waals surface area contributed by atoms with Crippen molar-refractivity contribution < 1.29 is 9.53 Å². The Balaban J connectivity index is 1.93. The number of nitrogens with zero attached hydrogens (tertiary/aromatic N) is 2. The maximum absolute atomic E-state index is 11.8. The van der Waals surface area contributed by atoms with Crippen molar-refractivity contribution in [2.24, 2.45) is 5.10 Å². The summed E-state index contributed by atoms with van der Waals surface area (Å²) in [4.78, 5) is 11.8. The lowest BCUT2D eigenvalue weighted by atomic mass is 10.1. The number of aryl methyl sites for hydroxylation is 3. The van der Waals surface area contributed by atoms with E-state index in [0.717, 1.165) is 22.4 Å². The van der Waals surface area contributed by atoms with E-state index < -0.39 is 0 Å². The maximum atomic E-state index is 11.8. The van der Waals surface area contributed by atoms with Gasteiger partial charge in [-0.2, -0.15) is 9.47 Å². The summed E-state index contributed by atoms with van der Waals surface area (Å²) in [6, 6.07) is 5.81. The van der Waals surface area contributed by atoms with Crippen LogP contribution in [0.25, 0.3) is 0 Å². The van der Waals surface area contributed by atoms with Crippen LogP contribution in [-0.2, 0) is 4.79 Å². The molecule has 0 aliphatic rings. The minimum atomic E-state index is -0.331. The van der Waals surface area contributed by atoms with Crippen LogP contribution in [0.5, 0.6) is 5.75 Å². The van der Waals surface area contributed by atoms with Gasteiger partial charge in [0.05, 0.1) is 17.0 Å². The molecule has 0 bridgehead atoms. The van der Waals surface area contributed by atoms with Gasteiger partial charge < -0.3 is 10.5 Å². The van der Waals surface area contributed by atoms with Gasteiger partial charge in [0.2, 0.25) is 0 Å². The molecule has 1 amide bonds. The average molecular weight is 332 g/mol. The molecule has 7 heteroatoms. The number of aromatic nitrogens is 1. The molecule has 0 atom stereocenters. The second-order valence-corrected chi connectivity index (χ2v) is 6.16. The summed E-state index contributed by atoms with van der Waals surface area (Å²) in [5, 5.41) is 4.65. The summed E-state index contributed by atoms with van der Waals surface area (Å²) >= 11 is 1.21. The average Bonchev–Trinajstić information content (AvgIpc) is 2.81. The van der Waals surface area contributed by atoms with Gasteiger partial charge in [-0.3, -0.25) is 4.79 Å². The van der Waals surface area contributed by atoms with E-state index in [9.17, 15) is 4.79 Å². The van der Waals surface area contributed by atoms with Crippen molar-refractivity contribution in [3.05, 3.63) is 40.6 Å². The lowest BCUT2D eigenvalue weighted by molar-refractivity contribution is -0.123.